The predicted molar refractivity (Wildman–Crippen MR) is 72.9 cm³/mol. The molecule has 10 heteroatoms. The van der Waals surface area contributed by atoms with Crippen molar-refractivity contribution in [3.05, 3.63) is 11.1 Å². The number of hydrogen-bond donors (Lipinski definition) is 1. The minimum absolute atomic E-state index is 0.0857. The zero-order valence-electron chi connectivity index (χ0n) is 11.5. The van der Waals surface area contributed by atoms with Gasteiger partial charge in [-0.15, -0.1) is 11.3 Å². The highest BCUT2D eigenvalue weighted by atomic mass is 32.1. The highest BCUT2D eigenvalue weighted by Crippen LogP contribution is 2.16. The standard InChI is InChI=1S/C11H13N3O6S/c1-4-20-10(17)8(15)13-11-12-6(5-21-11)7(14-19-3)9(16)18-2/h5H,4H2,1-3H3,(H,12,13,15)/b14-7+. The van der Waals surface area contributed by atoms with Crippen LogP contribution in [0.3, 0.4) is 0 Å². The number of esters is 2. The van der Waals surface area contributed by atoms with Crippen LogP contribution >= 0.6 is 11.3 Å². The van der Waals surface area contributed by atoms with Gasteiger partial charge in [-0.3, -0.25) is 10.1 Å². The third-order valence-corrected chi connectivity index (χ3v) is 2.75. The van der Waals surface area contributed by atoms with Crippen molar-refractivity contribution < 1.29 is 28.7 Å². The van der Waals surface area contributed by atoms with Crippen LogP contribution in [-0.4, -0.2) is 49.4 Å². The smallest absolute Gasteiger partial charge is 0.397 e. The van der Waals surface area contributed by atoms with Gasteiger partial charge in [-0.25, -0.2) is 14.6 Å². The van der Waals surface area contributed by atoms with Gasteiger partial charge in [-0.2, -0.15) is 0 Å². The second-order valence-corrected chi connectivity index (χ2v) is 4.18. The summed E-state index contributed by atoms with van der Waals surface area (Å²) in [6.07, 6.45) is 0. The summed E-state index contributed by atoms with van der Waals surface area (Å²) in [4.78, 5) is 42.6. The number of oxime groups is 1. The molecular weight excluding hydrogens is 302 g/mol. The van der Waals surface area contributed by atoms with Gasteiger partial charge in [0.05, 0.1) is 13.7 Å². The first kappa shape index (κ1) is 16.6. The Labute approximate surface area is 123 Å². The molecular formula is C11H13N3O6S. The van der Waals surface area contributed by atoms with Crippen LogP contribution in [0.15, 0.2) is 10.5 Å². The highest BCUT2D eigenvalue weighted by Gasteiger charge is 2.21. The molecule has 0 atom stereocenters. The maximum absolute atomic E-state index is 11.5. The average molecular weight is 315 g/mol. The van der Waals surface area contributed by atoms with Crippen LogP contribution in [0.2, 0.25) is 0 Å². The molecule has 0 unspecified atom stereocenters. The first-order valence-electron chi connectivity index (χ1n) is 5.66. The second kappa shape index (κ2) is 7.94. The van der Waals surface area contributed by atoms with Gasteiger partial charge in [0, 0.05) is 5.38 Å². The molecule has 1 rings (SSSR count). The van der Waals surface area contributed by atoms with Gasteiger partial charge in [-0.1, -0.05) is 5.16 Å². The van der Waals surface area contributed by atoms with Crippen molar-refractivity contribution in [3.8, 4) is 0 Å². The number of nitrogens with one attached hydrogen (secondary N) is 1. The largest absolute Gasteiger partial charge is 0.464 e. The van der Waals surface area contributed by atoms with Gasteiger partial charge in [0.15, 0.2) is 5.13 Å². The fourth-order valence-corrected chi connectivity index (χ4v) is 1.85. The third-order valence-electron chi connectivity index (χ3n) is 1.99. The maximum Gasteiger partial charge on any atom is 0.397 e. The van der Waals surface area contributed by atoms with Crippen molar-refractivity contribution in [2.75, 3.05) is 26.1 Å². The monoisotopic (exact) mass is 315 g/mol. The highest BCUT2D eigenvalue weighted by molar-refractivity contribution is 7.14. The van der Waals surface area contributed by atoms with E-state index in [1.165, 1.54) is 19.6 Å². The minimum atomic E-state index is -1.02. The average Bonchev–Trinajstić information content (AvgIpc) is 2.92. The lowest BCUT2D eigenvalue weighted by Gasteiger charge is -2.01. The summed E-state index contributed by atoms with van der Waals surface area (Å²) in [5, 5.41) is 7.31. The summed E-state index contributed by atoms with van der Waals surface area (Å²) < 4.78 is 9.07. The molecule has 0 spiro atoms. The van der Waals surface area contributed by atoms with Gasteiger partial charge in [-0.05, 0) is 6.92 Å². The van der Waals surface area contributed by atoms with Crippen LogP contribution < -0.4 is 5.32 Å². The fraction of sp³-hybridized carbons (Fsp3) is 0.364. The molecule has 0 aliphatic rings. The molecule has 1 N–H and O–H groups in total. The van der Waals surface area contributed by atoms with Crippen molar-refractivity contribution in [3.63, 3.8) is 0 Å². The third kappa shape index (κ3) is 4.53. The van der Waals surface area contributed by atoms with Crippen LogP contribution in [0.4, 0.5) is 5.13 Å². The fourth-order valence-electron chi connectivity index (χ4n) is 1.16. The zero-order chi connectivity index (χ0) is 15.8. The van der Waals surface area contributed by atoms with Gasteiger partial charge in [0.1, 0.15) is 12.8 Å². The number of hydrogen-bond acceptors (Lipinski definition) is 9. The van der Waals surface area contributed by atoms with E-state index in [-0.39, 0.29) is 23.1 Å². The number of carbonyl (C=O) groups excluding carboxylic acids is 3. The number of carbonyl (C=O) groups is 3. The zero-order valence-corrected chi connectivity index (χ0v) is 12.4. The lowest BCUT2D eigenvalue weighted by atomic mass is 10.3. The van der Waals surface area contributed by atoms with Crippen molar-refractivity contribution >= 4 is 40.0 Å². The van der Waals surface area contributed by atoms with Crippen LogP contribution in [-0.2, 0) is 28.7 Å². The SMILES string of the molecule is CCOC(=O)C(=O)Nc1nc(/C(=N\OC)C(=O)OC)cs1. The van der Waals surface area contributed by atoms with E-state index < -0.39 is 17.8 Å². The Hall–Kier alpha value is -2.49. The van der Waals surface area contributed by atoms with Gasteiger partial charge < -0.3 is 14.3 Å². The molecule has 9 nitrogen and oxygen atoms in total. The molecule has 0 aromatic carbocycles. The minimum Gasteiger partial charge on any atom is -0.464 e. The van der Waals surface area contributed by atoms with Crippen molar-refractivity contribution in [1.29, 1.82) is 0 Å². The van der Waals surface area contributed by atoms with E-state index in [0.29, 0.717) is 0 Å². The van der Waals surface area contributed by atoms with E-state index in [2.05, 4.69) is 29.8 Å². The number of rotatable bonds is 5. The quantitative estimate of drug-likeness (QED) is 0.356. The first-order chi connectivity index (χ1) is 10.0. The molecule has 0 radical (unpaired) electrons. The molecule has 0 saturated carbocycles. The molecule has 1 heterocycles. The Morgan fingerprint density at radius 1 is 1.33 bits per heavy atom. The summed E-state index contributed by atoms with van der Waals surface area (Å²) in [7, 11) is 2.45. The van der Waals surface area contributed by atoms with Crippen molar-refractivity contribution in [2.45, 2.75) is 6.92 Å². The van der Waals surface area contributed by atoms with Crippen molar-refractivity contribution in [1.82, 2.24) is 4.98 Å². The Balaban J connectivity index is 2.85. The molecule has 114 valence electrons. The normalized spacial score (nSPS) is 10.7. The molecule has 0 aliphatic heterocycles. The topological polar surface area (TPSA) is 116 Å². The van der Waals surface area contributed by atoms with Gasteiger partial charge in [0.2, 0.25) is 5.71 Å². The summed E-state index contributed by atoms with van der Waals surface area (Å²) >= 11 is 1.00. The van der Waals surface area contributed by atoms with Crippen LogP contribution in [0.25, 0.3) is 0 Å². The molecule has 0 aliphatic carbocycles. The van der Waals surface area contributed by atoms with Crippen LogP contribution in [0.5, 0.6) is 0 Å². The Morgan fingerprint density at radius 3 is 2.62 bits per heavy atom. The Morgan fingerprint density at radius 2 is 2.05 bits per heavy atom. The second-order valence-electron chi connectivity index (χ2n) is 3.33. The van der Waals surface area contributed by atoms with E-state index in [4.69, 9.17) is 0 Å². The molecule has 0 bridgehead atoms. The summed E-state index contributed by atoms with van der Waals surface area (Å²) in [6, 6.07) is 0. The Kier molecular flexibility index (Phi) is 6.27. The van der Waals surface area contributed by atoms with E-state index >= 15 is 0 Å². The molecule has 1 amide bonds. The first-order valence-corrected chi connectivity index (χ1v) is 6.54. The number of nitrogens with zero attached hydrogens (tertiary/aromatic N) is 2. The van der Waals surface area contributed by atoms with E-state index in [1.54, 1.807) is 6.92 Å². The molecule has 21 heavy (non-hydrogen) atoms. The van der Waals surface area contributed by atoms with E-state index in [9.17, 15) is 14.4 Å². The Bertz CT molecular complexity index is 568. The molecule has 1 aromatic heterocycles. The van der Waals surface area contributed by atoms with Gasteiger partial charge >= 0.3 is 17.8 Å². The number of amides is 1. The summed E-state index contributed by atoms with van der Waals surface area (Å²) in [5.41, 5.74) is -0.0132. The van der Waals surface area contributed by atoms with Crippen LogP contribution in [0, 0.1) is 0 Å². The van der Waals surface area contributed by atoms with Crippen molar-refractivity contribution in [2.24, 2.45) is 5.16 Å². The molecule has 1 aromatic rings. The summed E-state index contributed by atoms with van der Waals surface area (Å²) in [6.45, 7) is 1.67. The predicted octanol–water partition coefficient (Wildman–Crippen LogP) is 0.168. The van der Waals surface area contributed by atoms with Crippen LogP contribution in [0.1, 0.15) is 12.6 Å². The lowest BCUT2D eigenvalue weighted by Crippen LogP contribution is -2.25. The van der Waals surface area contributed by atoms with E-state index in [0.717, 1.165) is 11.3 Å². The molecule has 0 saturated heterocycles. The lowest BCUT2D eigenvalue weighted by molar-refractivity contribution is -0.152. The molecule has 0 fully saturated rings. The number of aromatic nitrogens is 1. The number of thiazole rings is 1. The van der Waals surface area contributed by atoms with E-state index in [1.807, 2.05) is 0 Å². The number of ether oxygens (including phenoxy) is 2. The summed E-state index contributed by atoms with van der Waals surface area (Å²) in [5.74, 6) is -2.72. The number of anilines is 1. The number of methoxy groups -OCH3 is 1. The maximum atomic E-state index is 11.5. The van der Waals surface area contributed by atoms with Gasteiger partial charge in [0.25, 0.3) is 0 Å².